The van der Waals surface area contributed by atoms with Crippen LogP contribution in [0.1, 0.15) is 63.5 Å². The van der Waals surface area contributed by atoms with E-state index in [0.717, 1.165) is 35.1 Å². The molecule has 1 atom stereocenters. The molecule has 0 amide bonds. The van der Waals surface area contributed by atoms with Crippen molar-refractivity contribution < 1.29 is 5.11 Å². The number of H-pyrrole nitrogens is 1. The van der Waals surface area contributed by atoms with Crippen molar-refractivity contribution in [1.82, 2.24) is 30.1 Å². The van der Waals surface area contributed by atoms with Crippen LogP contribution < -0.4 is 5.56 Å². The van der Waals surface area contributed by atoms with E-state index in [4.69, 9.17) is 0 Å². The van der Waals surface area contributed by atoms with Crippen LogP contribution in [0.5, 0.6) is 0 Å². The number of aryl methyl sites for hydroxylation is 1. The molecule has 0 saturated carbocycles. The summed E-state index contributed by atoms with van der Waals surface area (Å²) < 4.78 is 1.87. The molecular weight excluding hydrogens is 380 g/mol. The van der Waals surface area contributed by atoms with Crippen LogP contribution in [0, 0.1) is 6.92 Å². The summed E-state index contributed by atoms with van der Waals surface area (Å²) in [6.07, 6.45) is 1.63. The topological polar surface area (TPSA) is 99.9 Å². The maximum atomic E-state index is 12.7. The largest absolute Gasteiger partial charge is 0.395 e. The number of fused-ring (bicyclic) bond motifs is 1. The smallest absolute Gasteiger partial charge is 0.252 e. The monoisotopic (exact) mass is 412 g/mol. The maximum Gasteiger partial charge on any atom is 0.252 e. The lowest BCUT2D eigenvalue weighted by Gasteiger charge is -2.32. The van der Waals surface area contributed by atoms with Gasteiger partial charge in [0.1, 0.15) is 0 Å². The number of aliphatic hydroxyl groups excluding tert-OH is 1. The minimum absolute atomic E-state index is 0.0141. The van der Waals surface area contributed by atoms with E-state index in [1.807, 2.05) is 29.8 Å². The molecule has 0 aliphatic carbocycles. The standard InChI is InChI=1S/C22H32N6O2/c1-6-19(20-24-25-26-28(20)22(4,5)7-2)27(10-11-29)14-17-13-16-12-15(3)8-9-18(16)23-21(17)30/h8-9,12-13,19,29H,6-7,10-11,14H2,1-5H3,(H,23,30)/t19-/m1/s1. The number of nitrogens with one attached hydrogen (secondary N) is 1. The molecule has 2 N–H and O–H groups in total. The Hall–Kier alpha value is -2.58. The highest BCUT2D eigenvalue weighted by Gasteiger charge is 2.30. The number of pyridine rings is 1. The summed E-state index contributed by atoms with van der Waals surface area (Å²) in [5, 5.41) is 23.2. The van der Waals surface area contributed by atoms with Gasteiger partial charge in [0, 0.05) is 24.2 Å². The van der Waals surface area contributed by atoms with Crippen LogP contribution in [-0.4, -0.2) is 48.3 Å². The van der Waals surface area contributed by atoms with Gasteiger partial charge in [0.2, 0.25) is 0 Å². The lowest BCUT2D eigenvalue weighted by atomic mass is 10.0. The van der Waals surface area contributed by atoms with Crippen LogP contribution in [0.15, 0.2) is 29.1 Å². The van der Waals surface area contributed by atoms with Crippen molar-refractivity contribution in [2.75, 3.05) is 13.2 Å². The van der Waals surface area contributed by atoms with Crippen molar-refractivity contribution in [1.29, 1.82) is 0 Å². The Kier molecular flexibility index (Phi) is 6.67. The van der Waals surface area contributed by atoms with E-state index in [-0.39, 0.29) is 23.7 Å². The van der Waals surface area contributed by atoms with Crippen molar-refractivity contribution in [3.8, 4) is 0 Å². The number of benzene rings is 1. The van der Waals surface area contributed by atoms with Gasteiger partial charge in [-0.2, -0.15) is 0 Å². The van der Waals surface area contributed by atoms with Crippen LogP contribution in [0.2, 0.25) is 0 Å². The van der Waals surface area contributed by atoms with Crippen LogP contribution in [0.4, 0.5) is 0 Å². The first-order valence-corrected chi connectivity index (χ1v) is 10.6. The normalized spacial score (nSPS) is 13.3. The summed E-state index contributed by atoms with van der Waals surface area (Å²) in [5.74, 6) is 0.755. The molecule has 3 rings (SSSR count). The molecule has 8 heteroatoms. The average Bonchev–Trinajstić information content (AvgIpc) is 3.20. The van der Waals surface area contributed by atoms with E-state index >= 15 is 0 Å². The van der Waals surface area contributed by atoms with E-state index < -0.39 is 0 Å². The van der Waals surface area contributed by atoms with Crippen LogP contribution in [0.25, 0.3) is 10.9 Å². The summed E-state index contributed by atoms with van der Waals surface area (Å²) in [6.45, 7) is 11.2. The molecule has 8 nitrogen and oxygen atoms in total. The van der Waals surface area contributed by atoms with Gasteiger partial charge in [-0.1, -0.05) is 25.5 Å². The van der Waals surface area contributed by atoms with Crippen molar-refractivity contribution in [2.24, 2.45) is 0 Å². The molecule has 30 heavy (non-hydrogen) atoms. The number of hydrogen-bond acceptors (Lipinski definition) is 6. The SMILES string of the molecule is CC[C@H](c1nnnn1C(C)(C)CC)N(CCO)Cc1cc2cc(C)ccc2[nH]c1=O. The zero-order chi connectivity index (χ0) is 21.9. The zero-order valence-corrected chi connectivity index (χ0v) is 18.5. The van der Waals surface area contributed by atoms with E-state index in [2.05, 4.69) is 59.2 Å². The molecule has 0 saturated heterocycles. The molecular formula is C22H32N6O2. The van der Waals surface area contributed by atoms with Gasteiger partial charge in [0.25, 0.3) is 5.56 Å². The fourth-order valence-corrected chi connectivity index (χ4v) is 3.77. The molecule has 2 heterocycles. The maximum absolute atomic E-state index is 12.7. The van der Waals surface area contributed by atoms with Crippen molar-refractivity contribution >= 4 is 10.9 Å². The number of aromatic nitrogens is 5. The van der Waals surface area contributed by atoms with E-state index in [9.17, 15) is 9.90 Å². The van der Waals surface area contributed by atoms with Gasteiger partial charge in [0.05, 0.1) is 18.2 Å². The zero-order valence-electron chi connectivity index (χ0n) is 18.5. The third-order valence-electron chi connectivity index (χ3n) is 5.90. The summed E-state index contributed by atoms with van der Waals surface area (Å²) in [6, 6.07) is 7.80. The molecule has 0 aliphatic rings. The fraction of sp³-hybridized carbons (Fsp3) is 0.545. The second-order valence-corrected chi connectivity index (χ2v) is 8.45. The van der Waals surface area contributed by atoms with Gasteiger partial charge in [0.15, 0.2) is 5.82 Å². The molecule has 1 aromatic carbocycles. The molecule has 0 bridgehead atoms. The third kappa shape index (κ3) is 4.44. The van der Waals surface area contributed by atoms with E-state index in [1.54, 1.807) is 0 Å². The molecule has 0 radical (unpaired) electrons. The minimum atomic E-state index is -0.227. The summed E-state index contributed by atoms with van der Waals surface area (Å²) in [4.78, 5) is 17.8. The summed E-state index contributed by atoms with van der Waals surface area (Å²) in [7, 11) is 0. The molecule has 0 aliphatic heterocycles. The van der Waals surface area contributed by atoms with Gasteiger partial charge >= 0.3 is 0 Å². The highest BCUT2D eigenvalue weighted by Crippen LogP contribution is 2.28. The summed E-state index contributed by atoms with van der Waals surface area (Å²) in [5.41, 5.74) is 2.28. The first kappa shape index (κ1) is 22.1. The van der Waals surface area contributed by atoms with Gasteiger partial charge in [-0.25, -0.2) is 4.68 Å². The third-order valence-corrected chi connectivity index (χ3v) is 5.90. The Morgan fingerprint density at radius 1 is 1.27 bits per heavy atom. The Morgan fingerprint density at radius 3 is 2.70 bits per heavy atom. The molecule has 3 aromatic rings. The molecule has 2 aromatic heterocycles. The Labute approximate surface area is 176 Å². The molecule has 0 fully saturated rings. The quantitative estimate of drug-likeness (QED) is 0.561. The number of aliphatic hydroxyl groups is 1. The first-order valence-electron chi connectivity index (χ1n) is 10.6. The van der Waals surface area contributed by atoms with Gasteiger partial charge in [-0.15, -0.1) is 5.10 Å². The van der Waals surface area contributed by atoms with Gasteiger partial charge in [-0.05, 0) is 67.6 Å². The molecule has 0 spiro atoms. The van der Waals surface area contributed by atoms with Gasteiger partial charge in [-0.3, -0.25) is 9.69 Å². The van der Waals surface area contributed by atoms with Crippen LogP contribution in [-0.2, 0) is 12.1 Å². The number of nitrogens with zero attached hydrogens (tertiary/aromatic N) is 5. The van der Waals surface area contributed by atoms with Crippen LogP contribution >= 0.6 is 0 Å². The average molecular weight is 413 g/mol. The second kappa shape index (κ2) is 9.06. The van der Waals surface area contributed by atoms with Crippen molar-refractivity contribution in [3.63, 3.8) is 0 Å². The fourth-order valence-electron chi connectivity index (χ4n) is 3.77. The summed E-state index contributed by atoms with van der Waals surface area (Å²) >= 11 is 0. The Morgan fingerprint density at radius 2 is 2.03 bits per heavy atom. The number of rotatable bonds is 9. The Bertz CT molecular complexity index is 1060. The number of tetrazole rings is 1. The van der Waals surface area contributed by atoms with Crippen molar-refractivity contribution in [3.05, 3.63) is 51.6 Å². The Balaban J connectivity index is 2.00. The predicted molar refractivity (Wildman–Crippen MR) is 117 cm³/mol. The molecule has 162 valence electrons. The highest BCUT2D eigenvalue weighted by atomic mass is 16.3. The molecule has 0 unspecified atom stereocenters. The van der Waals surface area contributed by atoms with E-state index in [0.29, 0.717) is 18.7 Å². The number of hydrogen-bond donors (Lipinski definition) is 2. The second-order valence-electron chi connectivity index (χ2n) is 8.45. The predicted octanol–water partition coefficient (Wildman–Crippen LogP) is 2.91. The van der Waals surface area contributed by atoms with E-state index in [1.165, 1.54) is 0 Å². The lowest BCUT2D eigenvalue weighted by Crippen LogP contribution is -2.37. The lowest BCUT2D eigenvalue weighted by molar-refractivity contribution is 0.125. The minimum Gasteiger partial charge on any atom is -0.395 e. The number of aromatic amines is 1. The van der Waals surface area contributed by atoms with Crippen molar-refractivity contribution in [2.45, 2.75) is 65.6 Å². The van der Waals surface area contributed by atoms with Crippen LogP contribution in [0.3, 0.4) is 0 Å². The first-order chi connectivity index (χ1) is 14.3. The van der Waals surface area contributed by atoms with Gasteiger partial charge < -0.3 is 10.1 Å². The highest BCUT2D eigenvalue weighted by molar-refractivity contribution is 5.79.